The van der Waals surface area contributed by atoms with Crippen LogP contribution in [0.15, 0.2) is 24.3 Å². The Kier molecular flexibility index (Phi) is 7.09. The van der Waals surface area contributed by atoms with Crippen molar-refractivity contribution in [2.24, 2.45) is 0 Å². The second kappa shape index (κ2) is 9.30. The van der Waals surface area contributed by atoms with Gasteiger partial charge in [-0.15, -0.1) is 0 Å². The average Bonchev–Trinajstić information content (AvgIpc) is 2.59. The zero-order chi connectivity index (χ0) is 17.4. The van der Waals surface area contributed by atoms with E-state index in [1.165, 1.54) is 0 Å². The first kappa shape index (κ1) is 18.3. The van der Waals surface area contributed by atoms with Crippen molar-refractivity contribution in [3.05, 3.63) is 29.8 Å². The standard InChI is InChI=1S/C19H27NO4/c1-2-24-17-10-6-15(7-11-17)8-12-18(21)20-14-4-3-5-16(20)9-13-19(22)23/h6-7,10-11,16H,2-5,8-9,12-14H2,1H3,(H,22,23). The van der Waals surface area contributed by atoms with E-state index in [4.69, 9.17) is 9.84 Å². The molecular weight excluding hydrogens is 306 g/mol. The van der Waals surface area contributed by atoms with E-state index < -0.39 is 5.97 Å². The van der Waals surface area contributed by atoms with Gasteiger partial charge in [0, 0.05) is 25.4 Å². The average molecular weight is 333 g/mol. The molecule has 1 N–H and O–H groups in total. The van der Waals surface area contributed by atoms with Gasteiger partial charge in [0.2, 0.25) is 5.91 Å². The molecule has 0 aliphatic carbocycles. The molecule has 1 aromatic rings. The van der Waals surface area contributed by atoms with E-state index in [9.17, 15) is 9.59 Å². The second-order valence-corrected chi connectivity index (χ2v) is 6.25. The number of carbonyl (C=O) groups excluding carboxylic acids is 1. The third-order valence-corrected chi connectivity index (χ3v) is 4.50. The topological polar surface area (TPSA) is 66.8 Å². The molecule has 1 atom stereocenters. The molecule has 0 radical (unpaired) electrons. The summed E-state index contributed by atoms with van der Waals surface area (Å²) in [7, 11) is 0. The molecule has 132 valence electrons. The minimum atomic E-state index is -0.789. The first-order valence-electron chi connectivity index (χ1n) is 8.83. The molecule has 0 saturated carbocycles. The number of aryl methyl sites for hydroxylation is 1. The molecule has 0 bridgehead atoms. The number of aliphatic carboxylic acids is 1. The first-order chi connectivity index (χ1) is 11.6. The number of amides is 1. The van der Waals surface area contributed by atoms with Gasteiger partial charge in [0.25, 0.3) is 0 Å². The van der Waals surface area contributed by atoms with Crippen LogP contribution in [0.1, 0.15) is 51.0 Å². The number of carbonyl (C=O) groups is 2. The van der Waals surface area contributed by atoms with Crippen molar-refractivity contribution in [3.63, 3.8) is 0 Å². The third kappa shape index (κ3) is 5.55. The molecule has 1 aliphatic rings. The van der Waals surface area contributed by atoms with Crippen LogP contribution >= 0.6 is 0 Å². The van der Waals surface area contributed by atoms with E-state index in [1.807, 2.05) is 36.1 Å². The number of likely N-dealkylation sites (tertiary alicyclic amines) is 1. The monoisotopic (exact) mass is 333 g/mol. The molecule has 1 aromatic carbocycles. The fourth-order valence-electron chi connectivity index (χ4n) is 3.23. The highest BCUT2D eigenvalue weighted by atomic mass is 16.5. The van der Waals surface area contributed by atoms with Gasteiger partial charge in [-0.2, -0.15) is 0 Å². The number of ether oxygens (including phenoxy) is 1. The normalized spacial score (nSPS) is 17.5. The molecular formula is C19H27NO4. The number of piperidine rings is 1. The van der Waals surface area contributed by atoms with Crippen LogP contribution in [0.5, 0.6) is 5.75 Å². The Balaban J connectivity index is 1.86. The highest BCUT2D eigenvalue weighted by Crippen LogP contribution is 2.22. The number of rotatable bonds is 8. The Labute approximate surface area is 143 Å². The van der Waals surface area contributed by atoms with Crippen LogP contribution < -0.4 is 4.74 Å². The number of hydrogen-bond acceptors (Lipinski definition) is 3. The van der Waals surface area contributed by atoms with Crippen molar-refractivity contribution in [1.29, 1.82) is 0 Å². The fraction of sp³-hybridized carbons (Fsp3) is 0.579. The first-order valence-corrected chi connectivity index (χ1v) is 8.83. The largest absolute Gasteiger partial charge is 0.494 e. The molecule has 24 heavy (non-hydrogen) atoms. The van der Waals surface area contributed by atoms with Gasteiger partial charge in [-0.1, -0.05) is 12.1 Å². The van der Waals surface area contributed by atoms with Gasteiger partial charge in [-0.25, -0.2) is 0 Å². The van der Waals surface area contributed by atoms with Crippen LogP contribution in [-0.4, -0.2) is 41.1 Å². The molecule has 5 heteroatoms. The van der Waals surface area contributed by atoms with E-state index in [0.29, 0.717) is 25.9 Å². The molecule has 0 spiro atoms. The number of carboxylic acids is 1. The number of carboxylic acid groups (broad SMARTS) is 1. The van der Waals surface area contributed by atoms with Crippen LogP contribution in [0, 0.1) is 0 Å². The summed E-state index contributed by atoms with van der Waals surface area (Å²) < 4.78 is 5.42. The zero-order valence-corrected chi connectivity index (χ0v) is 14.4. The second-order valence-electron chi connectivity index (χ2n) is 6.25. The summed E-state index contributed by atoms with van der Waals surface area (Å²) >= 11 is 0. The molecule has 1 saturated heterocycles. The molecule has 5 nitrogen and oxygen atoms in total. The van der Waals surface area contributed by atoms with E-state index in [1.54, 1.807) is 0 Å². The summed E-state index contributed by atoms with van der Waals surface area (Å²) in [6, 6.07) is 7.94. The van der Waals surface area contributed by atoms with Crippen molar-refractivity contribution in [2.75, 3.05) is 13.2 Å². The molecule has 0 aromatic heterocycles. The summed E-state index contributed by atoms with van der Waals surface area (Å²) in [5.41, 5.74) is 1.12. The van der Waals surface area contributed by atoms with E-state index >= 15 is 0 Å². The van der Waals surface area contributed by atoms with Gasteiger partial charge in [0.05, 0.1) is 6.61 Å². The van der Waals surface area contributed by atoms with Crippen LogP contribution in [-0.2, 0) is 16.0 Å². The van der Waals surface area contributed by atoms with E-state index in [-0.39, 0.29) is 18.4 Å². The highest BCUT2D eigenvalue weighted by molar-refractivity contribution is 5.77. The quantitative estimate of drug-likeness (QED) is 0.793. The summed E-state index contributed by atoms with van der Waals surface area (Å²) in [4.78, 5) is 25.2. The summed E-state index contributed by atoms with van der Waals surface area (Å²) in [6.45, 7) is 3.35. The van der Waals surface area contributed by atoms with Gasteiger partial charge < -0.3 is 14.7 Å². The maximum atomic E-state index is 12.5. The molecule has 1 heterocycles. The summed E-state index contributed by atoms with van der Waals surface area (Å²) in [5, 5.41) is 8.87. The van der Waals surface area contributed by atoms with Crippen molar-refractivity contribution in [1.82, 2.24) is 4.90 Å². The Morgan fingerprint density at radius 1 is 1.21 bits per heavy atom. The van der Waals surface area contributed by atoms with Crippen molar-refractivity contribution < 1.29 is 19.4 Å². The maximum absolute atomic E-state index is 12.5. The molecule has 1 fully saturated rings. The number of nitrogens with zero attached hydrogens (tertiary/aromatic N) is 1. The molecule has 2 rings (SSSR count). The van der Waals surface area contributed by atoms with E-state index in [0.717, 1.165) is 37.1 Å². The summed E-state index contributed by atoms with van der Waals surface area (Å²) in [5.74, 6) is 0.193. The van der Waals surface area contributed by atoms with Crippen molar-refractivity contribution in [2.45, 2.75) is 57.9 Å². The minimum Gasteiger partial charge on any atom is -0.494 e. The van der Waals surface area contributed by atoms with Crippen LogP contribution in [0.25, 0.3) is 0 Å². The maximum Gasteiger partial charge on any atom is 0.303 e. The van der Waals surface area contributed by atoms with Gasteiger partial charge in [-0.05, 0) is 56.7 Å². The van der Waals surface area contributed by atoms with Crippen LogP contribution in [0.3, 0.4) is 0 Å². The number of benzene rings is 1. The third-order valence-electron chi connectivity index (χ3n) is 4.50. The van der Waals surface area contributed by atoms with Gasteiger partial charge in [0.15, 0.2) is 0 Å². The Bertz CT molecular complexity index is 541. The Hall–Kier alpha value is -2.04. The lowest BCUT2D eigenvalue weighted by Crippen LogP contribution is -2.44. The van der Waals surface area contributed by atoms with Crippen LogP contribution in [0.2, 0.25) is 0 Å². The summed E-state index contributed by atoms with van der Waals surface area (Å²) in [6.07, 6.45) is 4.87. The SMILES string of the molecule is CCOc1ccc(CCC(=O)N2CCCCC2CCC(=O)O)cc1. The lowest BCUT2D eigenvalue weighted by atomic mass is 9.97. The highest BCUT2D eigenvalue weighted by Gasteiger charge is 2.26. The number of hydrogen-bond donors (Lipinski definition) is 1. The Morgan fingerprint density at radius 2 is 1.96 bits per heavy atom. The molecule has 1 amide bonds. The van der Waals surface area contributed by atoms with Crippen molar-refractivity contribution >= 4 is 11.9 Å². The minimum absolute atomic E-state index is 0.0858. The lowest BCUT2D eigenvalue weighted by Gasteiger charge is -2.35. The van der Waals surface area contributed by atoms with Gasteiger partial charge in [-0.3, -0.25) is 9.59 Å². The van der Waals surface area contributed by atoms with Gasteiger partial charge in [0.1, 0.15) is 5.75 Å². The van der Waals surface area contributed by atoms with Crippen LogP contribution in [0.4, 0.5) is 0 Å². The fourth-order valence-corrected chi connectivity index (χ4v) is 3.23. The van der Waals surface area contributed by atoms with Crippen molar-refractivity contribution in [3.8, 4) is 5.75 Å². The van der Waals surface area contributed by atoms with Gasteiger partial charge >= 0.3 is 5.97 Å². The molecule has 1 aliphatic heterocycles. The molecule has 1 unspecified atom stereocenters. The van der Waals surface area contributed by atoms with E-state index in [2.05, 4.69) is 0 Å². The Morgan fingerprint density at radius 3 is 2.62 bits per heavy atom. The lowest BCUT2D eigenvalue weighted by molar-refractivity contribution is -0.140. The predicted octanol–water partition coefficient (Wildman–Crippen LogP) is 3.26. The smallest absolute Gasteiger partial charge is 0.303 e. The predicted molar refractivity (Wildman–Crippen MR) is 92.2 cm³/mol. The zero-order valence-electron chi connectivity index (χ0n) is 14.4.